The van der Waals surface area contributed by atoms with Crippen molar-refractivity contribution in [2.45, 2.75) is 57.9 Å². The van der Waals surface area contributed by atoms with Crippen molar-refractivity contribution >= 4 is 24.2 Å². The molecule has 4 nitrogen and oxygen atoms in total. The average Bonchev–Trinajstić information content (AvgIpc) is 2.56. The summed E-state index contributed by atoms with van der Waals surface area (Å²) < 4.78 is 13.0. The molecule has 1 saturated heterocycles. The third-order valence-electron chi connectivity index (χ3n) is 5.21. The van der Waals surface area contributed by atoms with Crippen molar-refractivity contribution in [1.29, 1.82) is 0 Å². The molecule has 0 aromatic heterocycles. The number of halogens is 2. The van der Waals surface area contributed by atoms with E-state index in [1.165, 1.54) is 13.0 Å². The Bertz CT molecular complexity index is 535. The smallest absolute Gasteiger partial charge is 0.221 e. The van der Waals surface area contributed by atoms with Crippen LogP contribution in [-0.2, 0) is 4.79 Å². The monoisotopic (exact) mass is 369 g/mol. The molecule has 1 amide bonds. The lowest BCUT2D eigenvalue weighted by atomic mass is 9.79. The molecule has 1 aliphatic carbocycles. The van der Waals surface area contributed by atoms with Crippen LogP contribution in [0.3, 0.4) is 0 Å². The molecule has 0 spiro atoms. The summed E-state index contributed by atoms with van der Waals surface area (Å²) in [5, 5.41) is 6.74. The number of hydrogen-bond donors (Lipinski definition) is 2. The highest BCUT2D eigenvalue weighted by Crippen LogP contribution is 2.37. The minimum Gasteiger partial charge on any atom is -0.356 e. The van der Waals surface area contributed by atoms with Crippen molar-refractivity contribution in [2.24, 2.45) is 16.8 Å². The van der Waals surface area contributed by atoms with Crippen LogP contribution in [0.25, 0.3) is 0 Å². The number of rotatable bonds is 7. The summed E-state index contributed by atoms with van der Waals surface area (Å²) in [6, 6.07) is 0.319. The molecule has 0 aromatic rings. The number of nitrogens with one attached hydrogen (secondary N) is 2. The molecule has 2 fully saturated rings. The van der Waals surface area contributed by atoms with E-state index >= 15 is 0 Å². The third kappa shape index (κ3) is 6.55. The molecule has 6 heteroatoms. The second-order valence-electron chi connectivity index (χ2n) is 7.12. The first-order valence-corrected chi connectivity index (χ1v) is 9.57. The van der Waals surface area contributed by atoms with Crippen LogP contribution in [0.15, 0.2) is 27.6 Å². The fourth-order valence-corrected chi connectivity index (χ4v) is 4.19. The Morgan fingerprint density at radius 3 is 2.72 bits per heavy atom. The SMILES string of the molecule is C=N/C(=C(Cl)\C=C(/C)F)[C@H]1CC[C@H](CCN[C@@H]2CCNC(=O)C2)CC1. The van der Waals surface area contributed by atoms with Gasteiger partial charge in [0.15, 0.2) is 0 Å². The van der Waals surface area contributed by atoms with Gasteiger partial charge < -0.3 is 10.6 Å². The Morgan fingerprint density at radius 2 is 2.12 bits per heavy atom. The lowest BCUT2D eigenvalue weighted by Crippen LogP contribution is -2.43. The Morgan fingerprint density at radius 1 is 1.40 bits per heavy atom. The predicted octanol–water partition coefficient (Wildman–Crippen LogP) is 4.08. The van der Waals surface area contributed by atoms with E-state index in [4.69, 9.17) is 11.6 Å². The summed E-state index contributed by atoms with van der Waals surface area (Å²) in [5.74, 6) is 0.786. The number of hydrogen-bond acceptors (Lipinski definition) is 3. The molecule has 0 bridgehead atoms. The maximum atomic E-state index is 13.0. The van der Waals surface area contributed by atoms with E-state index in [-0.39, 0.29) is 17.7 Å². The molecule has 1 saturated carbocycles. The average molecular weight is 370 g/mol. The lowest BCUT2D eigenvalue weighted by Gasteiger charge is -2.30. The van der Waals surface area contributed by atoms with Gasteiger partial charge in [-0.15, -0.1) is 0 Å². The molecule has 25 heavy (non-hydrogen) atoms. The van der Waals surface area contributed by atoms with Crippen molar-refractivity contribution in [1.82, 2.24) is 10.6 Å². The first kappa shape index (κ1) is 20.1. The second-order valence-corrected chi connectivity index (χ2v) is 7.53. The van der Waals surface area contributed by atoms with E-state index in [1.807, 2.05) is 0 Å². The zero-order chi connectivity index (χ0) is 18.2. The molecule has 0 unspecified atom stereocenters. The van der Waals surface area contributed by atoms with Crippen molar-refractivity contribution in [2.75, 3.05) is 13.1 Å². The number of nitrogens with zero attached hydrogens (tertiary/aromatic N) is 1. The van der Waals surface area contributed by atoms with E-state index < -0.39 is 0 Å². The standard InChI is InChI=1S/C19H29ClFN3O/c1-13(21)11-17(20)19(22-2)15-5-3-14(4-6-15)7-9-23-16-8-10-24-18(25)12-16/h11,14-16,23H,2-10,12H2,1H3,(H,24,25)/b13-11+,19-17+/t14-,15-,16-/m1/s1. The summed E-state index contributed by atoms with van der Waals surface area (Å²) in [4.78, 5) is 15.4. The van der Waals surface area contributed by atoms with Gasteiger partial charge in [0, 0.05) is 24.9 Å². The summed E-state index contributed by atoms with van der Waals surface area (Å²) >= 11 is 6.18. The Kier molecular flexibility index (Phi) is 8.10. The van der Waals surface area contributed by atoms with E-state index in [9.17, 15) is 9.18 Å². The fraction of sp³-hybridized carbons (Fsp3) is 0.684. The van der Waals surface area contributed by atoms with Crippen LogP contribution in [0.2, 0.25) is 0 Å². The first-order valence-electron chi connectivity index (χ1n) is 9.20. The fourth-order valence-electron chi connectivity index (χ4n) is 3.82. The summed E-state index contributed by atoms with van der Waals surface area (Å²) in [7, 11) is 0. The summed E-state index contributed by atoms with van der Waals surface area (Å²) in [6.07, 6.45) is 8.33. The van der Waals surface area contributed by atoms with Crippen molar-refractivity contribution in [3.63, 3.8) is 0 Å². The van der Waals surface area contributed by atoms with Gasteiger partial charge in [-0.25, -0.2) is 4.39 Å². The number of carbonyl (C=O) groups excluding carboxylic acids is 1. The predicted molar refractivity (Wildman–Crippen MR) is 101 cm³/mol. The molecule has 2 N–H and O–H groups in total. The minimum absolute atomic E-state index is 0.148. The van der Waals surface area contributed by atoms with Gasteiger partial charge in [0.2, 0.25) is 5.91 Å². The van der Waals surface area contributed by atoms with Gasteiger partial charge >= 0.3 is 0 Å². The molecule has 1 heterocycles. The second kappa shape index (κ2) is 10.1. The van der Waals surface area contributed by atoms with Crippen LogP contribution >= 0.6 is 11.6 Å². The maximum Gasteiger partial charge on any atom is 0.221 e. The molecular formula is C19H29ClFN3O. The van der Waals surface area contributed by atoms with Crippen LogP contribution in [0.4, 0.5) is 4.39 Å². The zero-order valence-corrected chi connectivity index (χ0v) is 15.7. The summed E-state index contributed by atoms with van der Waals surface area (Å²) in [6.45, 7) is 6.72. The normalized spacial score (nSPS) is 29.0. The lowest BCUT2D eigenvalue weighted by molar-refractivity contribution is -0.122. The molecule has 2 aliphatic rings. The molecular weight excluding hydrogens is 341 g/mol. The largest absolute Gasteiger partial charge is 0.356 e. The molecule has 0 radical (unpaired) electrons. The van der Waals surface area contributed by atoms with Gasteiger partial charge in [0.25, 0.3) is 0 Å². The molecule has 1 aliphatic heterocycles. The molecule has 1 atom stereocenters. The maximum absolute atomic E-state index is 13.0. The highest BCUT2D eigenvalue weighted by Gasteiger charge is 2.25. The van der Waals surface area contributed by atoms with Gasteiger partial charge in [-0.1, -0.05) is 11.6 Å². The van der Waals surface area contributed by atoms with Crippen LogP contribution < -0.4 is 10.6 Å². The highest BCUT2D eigenvalue weighted by atomic mass is 35.5. The summed E-state index contributed by atoms with van der Waals surface area (Å²) in [5.41, 5.74) is 0.725. The Balaban J connectivity index is 1.74. The zero-order valence-electron chi connectivity index (χ0n) is 15.0. The number of allylic oxidation sites excluding steroid dienone is 4. The number of amides is 1. The van der Waals surface area contributed by atoms with Crippen molar-refractivity contribution in [3.8, 4) is 0 Å². The topological polar surface area (TPSA) is 53.5 Å². The molecule has 0 aromatic carbocycles. The molecule has 140 valence electrons. The van der Waals surface area contributed by atoms with Crippen LogP contribution in [0.5, 0.6) is 0 Å². The van der Waals surface area contributed by atoms with Gasteiger partial charge in [0.1, 0.15) is 0 Å². The van der Waals surface area contributed by atoms with Crippen LogP contribution in [0, 0.1) is 11.8 Å². The third-order valence-corrected chi connectivity index (χ3v) is 5.51. The van der Waals surface area contributed by atoms with E-state index in [0.29, 0.717) is 23.4 Å². The Hall–Kier alpha value is -1.20. The van der Waals surface area contributed by atoms with Crippen molar-refractivity contribution < 1.29 is 9.18 Å². The number of carbonyl (C=O) groups is 1. The Labute approximate surface area is 155 Å². The van der Waals surface area contributed by atoms with Gasteiger partial charge in [-0.05, 0) is 70.7 Å². The molecule has 2 rings (SSSR count). The van der Waals surface area contributed by atoms with Gasteiger partial charge in [-0.3, -0.25) is 9.79 Å². The minimum atomic E-state index is -0.317. The first-order chi connectivity index (χ1) is 12.0. The van der Waals surface area contributed by atoms with Gasteiger partial charge in [0.05, 0.1) is 16.6 Å². The number of piperidine rings is 1. The van der Waals surface area contributed by atoms with Crippen LogP contribution in [-0.4, -0.2) is 31.8 Å². The van der Waals surface area contributed by atoms with E-state index in [2.05, 4.69) is 22.3 Å². The van der Waals surface area contributed by atoms with Gasteiger partial charge in [-0.2, -0.15) is 0 Å². The van der Waals surface area contributed by atoms with Crippen molar-refractivity contribution in [3.05, 3.63) is 22.6 Å². The van der Waals surface area contributed by atoms with Crippen LogP contribution in [0.1, 0.15) is 51.9 Å². The number of aliphatic imine (C=N–C) groups is 1. The van der Waals surface area contributed by atoms with E-state index in [1.54, 1.807) is 0 Å². The quantitative estimate of drug-likeness (QED) is 0.525. The highest BCUT2D eigenvalue weighted by molar-refractivity contribution is 6.31. The van der Waals surface area contributed by atoms with E-state index in [0.717, 1.165) is 57.3 Å².